The molecule has 0 fully saturated rings. The van der Waals surface area contributed by atoms with E-state index in [1.54, 1.807) is 41.3 Å². The van der Waals surface area contributed by atoms with Crippen LogP contribution in [0, 0.1) is 0 Å². The molecule has 2 aromatic rings. The number of rotatable bonds is 5. The third kappa shape index (κ3) is 2.45. The molecule has 1 atom stereocenters. The average molecular weight is 353 g/mol. The van der Waals surface area contributed by atoms with Crippen molar-refractivity contribution in [1.82, 2.24) is 0 Å². The Balaban J connectivity index is 1.66. The molecule has 2 aliphatic rings. The van der Waals surface area contributed by atoms with E-state index in [0.29, 0.717) is 34.9 Å². The maximum atomic E-state index is 12.9. The standard InChI is InChI=1S/C20H19NO5/c1-2-9-21-15-6-4-3-5-14(15)20(24,19(21)23)11-16(22)13-7-8-17-18(10-13)26-12-25-17/h3-8,10,24H,2,9,11-12H2,1H3. The van der Waals surface area contributed by atoms with E-state index < -0.39 is 11.5 Å². The summed E-state index contributed by atoms with van der Waals surface area (Å²) in [5.74, 6) is 0.298. The molecule has 0 aromatic heterocycles. The van der Waals surface area contributed by atoms with Crippen LogP contribution in [0.15, 0.2) is 42.5 Å². The van der Waals surface area contributed by atoms with Crippen LogP contribution in [-0.4, -0.2) is 30.1 Å². The lowest BCUT2D eigenvalue weighted by atomic mass is 9.88. The first-order valence-corrected chi connectivity index (χ1v) is 8.61. The summed E-state index contributed by atoms with van der Waals surface area (Å²) >= 11 is 0. The van der Waals surface area contributed by atoms with Gasteiger partial charge in [-0.2, -0.15) is 0 Å². The second kappa shape index (κ2) is 6.14. The van der Waals surface area contributed by atoms with Gasteiger partial charge in [0.15, 0.2) is 22.9 Å². The second-order valence-electron chi connectivity index (χ2n) is 6.50. The molecule has 0 aliphatic carbocycles. The predicted molar refractivity (Wildman–Crippen MR) is 94.5 cm³/mol. The number of benzene rings is 2. The summed E-state index contributed by atoms with van der Waals surface area (Å²) in [7, 11) is 0. The van der Waals surface area contributed by atoms with Crippen molar-refractivity contribution >= 4 is 17.4 Å². The van der Waals surface area contributed by atoms with Crippen LogP contribution in [0.1, 0.15) is 35.7 Å². The fourth-order valence-corrected chi connectivity index (χ4v) is 3.53. The number of anilines is 1. The molecule has 0 saturated heterocycles. The number of Topliss-reactive ketones (excluding diaryl/α,β-unsaturated/α-hetero) is 1. The lowest BCUT2D eigenvalue weighted by Gasteiger charge is -2.22. The SMILES string of the molecule is CCCN1C(=O)C(O)(CC(=O)c2ccc3c(c2)OCO3)c2ccccc21. The molecular formula is C20H19NO5. The average Bonchev–Trinajstić information content (AvgIpc) is 3.19. The molecule has 26 heavy (non-hydrogen) atoms. The Hall–Kier alpha value is -2.86. The zero-order chi connectivity index (χ0) is 18.3. The largest absolute Gasteiger partial charge is 0.454 e. The first-order chi connectivity index (χ1) is 12.5. The van der Waals surface area contributed by atoms with Crippen LogP contribution in [0.3, 0.4) is 0 Å². The van der Waals surface area contributed by atoms with Crippen LogP contribution in [0.25, 0.3) is 0 Å². The summed E-state index contributed by atoms with van der Waals surface area (Å²) < 4.78 is 10.5. The molecule has 0 spiro atoms. The minimum atomic E-state index is -1.85. The van der Waals surface area contributed by atoms with Crippen LogP contribution in [-0.2, 0) is 10.4 Å². The van der Waals surface area contributed by atoms with Crippen LogP contribution < -0.4 is 14.4 Å². The highest BCUT2D eigenvalue weighted by molar-refractivity contribution is 6.10. The van der Waals surface area contributed by atoms with Crippen LogP contribution in [0.2, 0.25) is 0 Å². The van der Waals surface area contributed by atoms with E-state index >= 15 is 0 Å². The Morgan fingerprint density at radius 2 is 1.96 bits per heavy atom. The Labute approximate surface area is 151 Å². The van der Waals surface area contributed by atoms with Gasteiger partial charge in [-0.05, 0) is 30.7 Å². The minimum Gasteiger partial charge on any atom is -0.454 e. The molecule has 0 saturated carbocycles. The highest BCUT2D eigenvalue weighted by atomic mass is 16.7. The molecular weight excluding hydrogens is 334 g/mol. The number of carbonyl (C=O) groups excluding carboxylic acids is 2. The smallest absolute Gasteiger partial charge is 0.264 e. The molecule has 2 aromatic carbocycles. The molecule has 6 heteroatoms. The summed E-state index contributed by atoms with van der Waals surface area (Å²) in [5, 5.41) is 11.2. The first-order valence-electron chi connectivity index (χ1n) is 8.61. The molecule has 1 N–H and O–H groups in total. The van der Waals surface area contributed by atoms with Gasteiger partial charge in [0.2, 0.25) is 6.79 Å². The van der Waals surface area contributed by atoms with Gasteiger partial charge in [0, 0.05) is 17.7 Å². The lowest BCUT2D eigenvalue weighted by molar-refractivity contribution is -0.135. The minimum absolute atomic E-state index is 0.120. The monoisotopic (exact) mass is 353 g/mol. The van der Waals surface area contributed by atoms with E-state index in [1.165, 1.54) is 0 Å². The van der Waals surface area contributed by atoms with Crippen LogP contribution >= 0.6 is 0 Å². The zero-order valence-electron chi connectivity index (χ0n) is 14.4. The highest BCUT2D eigenvalue weighted by Gasteiger charge is 2.50. The van der Waals surface area contributed by atoms with E-state index in [4.69, 9.17) is 9.47 Å². The van der Waals surface area contributed by atoms with Crippen molar-refractivity contribution in [3.05, 3.63) is 53.6 Å². The summed E-state index contributed by atoms with van der Waals surface area (Å²) in [5.41, 5.74) is -0.325. The zero-order valence-corrected chi connectivity index (χ0v) is 14.4. The van der Waals surface area contributed by atoms with Gasteiger partial charge in [-0.1, -0.05) is 25.1 Å². The van der Waals surface area contributed by atoms with Gasteiger partial charge >= 0.3 is 0 Å². The molecule has 2 aliphatic heterocycles. The maximum absolute atomic E-state index is 12.9. The fourth-order valence-electron chi connectivity index (χ4n) is 3.53. The number of ketones is 1. The Kier molecular flexibility index (Phi) is 3.92. The molecule has 2 heterocycles. The first kappa shape index (κ1) is 16.6. The van der Waals surface area contributed by atoms with Crippen molar-refractivity contribution in [2.45, 2.75) is 25.4 Å². The third-order valence-corrected chi connectivity index (χ3v) is 4.80. The summed E-state index contributed by atoms with van der Waals surface area (Å²) in [6.07, 6.45) is 0.439. The summed E-state index contributed by atoms with van der Waals surface area (Å²) in [6.45, 7) is 2.58. The van der Waals surface area contributed by atoms with Gasteiger partial charge < -0.3 is 19.5 Å². The molecule has 1 unspecified atom stereocenters. The Morgan fingerprint density at radius 3 is 2.77 bits per heavy atom. The summed E-state index contributed by atoms with van der Waals surface area (Å²) in [6, 6.07) is 11.9. The van der Waals surface area contributed by atoms with Crippen molar-refractivity contribution in [3.8, 4) is 11.5 Å². The van der Waals surface area contributed by atoms with Crippen molar-refractivity contribution in [1.29, 1.82) is 0 Å². The van der Waals surface area contributed by atoms with Gasteiger partial charge in [0.25, 0.3) is 5.91 Å². The number of nitrogens with zero attached hydrogens (tertiary/aromatic N) is 1. The molecule has 134 valence electrons. The number of hydrogen-bond donors (Lipinski definition) is 1. The van der Waals surface area contributed by atoms with Gasteiger partial charge in [-0.3, -0.25) is 9.59 Å². The van der Waals surface area contributed by atoms with Crippen LogP contribution in [0.4, 0.5) is 5.69 Å². The number of fused-ring (bicyclic) bond motifs is 2. The number of hydrogen-bond acceptors (Lipinski definition) is 5. The topological polar surface area (TPSA) is 76.1 Å². The van der Waals surface area contributed by atoms with E-state index in [0.717, 1.165) is 6.42 Å². The number of carbonyl (C=O) groups is 2. The van der Waals surface area contributed by atoms with Gasteiger partial charge in [-0.15, -0.1) is 0 Å². The van der Waals surface area contributed by atoms with Crippen molar-refractivity contribution in [2.75, 3.05) is 18.2 Å². The molecule has 4 rings (SSSR count). The number of amides is 1. The van der Waals surface area contributed by atoms with Gasteiger partial charge in [0.05, 0.1) is 12.1 Å². The Bertz CT molecular complexity index is 894. The van der Waals surface area contributed by atoms with Gasteiger partial charge in [0.1, 0.15) is 0 Å². The normalized spacial score (nSPS) is 20.4. The van der Waals surface area contributed by atoms with Crippen LogP contribution in [0.5, 0.6) is 11.5 Å². The van der Waals surface area contributed by atoms with E-state index in [9.17, 15) is 14.7 Å². The van der Waals surface area contributed by atoms with E-state index in [2.05, 4.69) is 0 Å². The maximum Gasteiger partial charge on any atom is 0.264 e. The molecule has 6 nitrogen and oxygen atoms in total. The number of ether oxygens (including phenoxy) is 2. The lowest BCUT2D eigenvalue weighted by Crippen LogP contribution is -2.42. The third-order valence-electron chi connectivity index (χ3n) is 4.80. The molecule has 1 amide bonds. The fraction of sp³-hybridized carbons (Fsp3) is 0.300. The Morgan fingerprint density at radius 1 is 1.19 bits per heavy atom. The van der Waals surface area contributed by atoms with E-state index in [-0.39, 0.29) is 19.0 Å². The second-order valence-corrected chi connectivity index (χ2v) is 6.50. The van der Waals surface area contributed by atoms with Crippen molar-refractivity contribution in [3.63, 3.8) is 0 Å². The predicted octanol–water partition coefficient (Wildman–Crippen LogP) is 2.63. The molecule has 0 radical (unpaired) electrons. The van der Waals surface area contributed by atoms with Crippen molar-refractivity contribution in [2.24, 2.45) is 0 Å². The van der Waals surface area contributed by atoms with Gasteiger partial charge in [-0.25, -0.2) is 0 Å². The quantitative estimate of drug-likeness (QED) is 0.837. The number of para-hydroxylation sites is 1. The number of aliphatic hydroxyl groups is 1. The van der Waals surface area contributed by atoms with E-state index in [1.807, 2.05) is 13.0 Å². The van der Waals surface area contributed by atoms with Crippen molar-refractivity contribution < 1.29 is 24.2 Å². The summed E-state index contributed by atoms with van der Waals surface area (Å²) in [4.78, 5) is 27.3. The highest BCUT2D eigenvalue weighted by Crippen LogP contribution is 2.43. The molecule has 0 bridgehead atoms.